The first kappa shape index (κ1) is 12.7. The molecule has 1 aliphatic rings. The summed E-state index contributed by atoms with van der Waals surface area (Å²) in [5.41, 5.74) is 1.27. The Hall–Kier alpha value is -0.760. The fourth-order valence-corrected chi connectivity index (χ4v) is 3.18. The molecule has 17 heavy (non-hydrogen) atoms. The van der Waals surface area contributed by atoms with Gasteiger partial charge in [-0.3, -0.25) is 0 Å². The molecule has 4 unspecified atom stereocenters. The molecule has 2 rings (SSSR count). The Balaban J connectivity index is 2.12. The lowest BCUT2D eigenvalue weighted by Crippen LogP contribution is -2.31. The van der Waals surface area contributed by atoms with Crippen molar-refractivity contribution < 1.29 is 4.42 Å². The zero-order chi connectivity index (χ0) is 12.4. The third-order valence-electron chi connectivity index (χ3n) is 4.61. The van der Waals surface area contributed by atoms with E-state index >= 15 is 0 Å². The van der Waals surface area contributed by atoms with Crippen molar-refractivity contribution in [1.82, 2.24) is 5.32 Å². The maximum absolute atomic E-state index is 5.67. The van der Waals surface area contributed by atoms with Gasteiger partial charge in [0.2, 0.25) is 0 Å². The van der Waals surface area contributed by atoms with Gasteiger partial charge in [0.15, 0.2) is 0 Å². The van der Waals surface area contributed by atoms with E-state index in [9.17, 15) is 0 Å². The van der Waals surface area contributed by atoms with Gasteiger partial charge < -0.3 is 9.73 Å². The lowest BCUT2D eigenvalue weighted by Gasteiger charge is -2.36. The number of hydrogen-bond acceptors (Lipinski definition) is 2. The Labute approximate surface area is 105 Å². The molecule has 1 N–H and O–H groups in total. The topological polar surface area (TPSA) is 25.2 Å². The van der Waals surface area contributed by atoms with Gasteiger partial charge >= 0.3 is 0 Å². The molecule has 1 saturated carbocycles. The second kappa shape index (κ2) is 5.26. The Morgan fingerprint density at radius 2 is 2.06 bits per heavy atom. The molecule has 1 heterocycles. The van der Waals surface area contributed by atoms with E-state index in [1.54, 1.807) is 0 Å². The van der Waals surface area contributed by atoms with E-state index < -0.39 is 0 Å². The second-order valence-corrected chi connectivity index (χ2v) is 5.76. The van der Waals surface area contributed by atoms with Crippen molar-refractivity contribution in [1.29, 1.82) is 0 Å². The first-order valence-corrected chi connectivity index (χ1v) is 6.84. The van der Waals surface area contributed by atoms with Gasteiger partial charge in [-0.05, 0) is 56.2 Å². The quantitative estimate of drug-likeness (QED) is 0.859. The average Bonchev–Trinajstić information content (AvgIpc) is 2.71. The van der Waals surface area contributed by atoms with E-state index in [0.29, 0.717) is 6.04 Å². The molecule has 0 bridgehead atoms. The predicted octanol–water partition coefficient (Wildman–Crippen LogP) is 3.92. The molecule has 4 atom stereocenters. The lowest BCUT2D eigenvalue weighted by atomic mass is 9.72. The van der Waals surface area contributed by atoms with Crippen LogP contribution in [0.1, 0.15) is 50.5 Å². The summed E-state index contributed by atoms with van der Waals surface area (Å²) in [5.74, 6) is 3.57. The first-order valence-electron chi connectivity index (χ1n) is 6.84. The van der Waals surface area contributed by atoms with Gasteiger partial charge in [0, 0.05) is 0 Å². The first-order chi connectivity index (χ1) is 8.13. The van der Waals surface area contributed by atoms with Crippen LogP contribution in [0.5, 0.6) is 0 Å². The fourth-order valence-electron chi connectivity index (χ4n) is 3.18. The highest BCUT2D eigenvalue weighted by atomic mass is 16.3. The van der Waals surface area contributed by atoms with E-state index in [-0.39, 0.29) is 0 Å². The molecule has 1 fully saturated rings. The summed E-state index contributed by atoms with van der Waals surface area (Å²) in [6.45, 7) is 6.91. The van der Waals surface area contributed by atoms with Crippen molar-refractivity contribution in [2.45, 2.75) is 46.1 Å². The van der Waals surface area contributed by atoms with Crippen LogP contribution in [0.2, 0.25) is 0 Å². The monoisotopic (exact) mass is 235 g/mol. The van der Waals surface area contributed by atoms with Crippen LogP contribution in [0.4, 0.5) is 0 Å². The Morgan fingerprint density at radius 1 is 1.29 bits per heavy atom. The highest BCUT2D eigenvalue weighted by molar-refractivity contribution is 5.19. The largest absolute Gasteiger partial charge is 0.467 e. The molecule has 0 aliphatic heterocycles. The zero-order valence-electron chi connectivity index (χ0n) is 11.5. The maximum atomic E-state index is 5.67. The van der Waals surface area contributed by atoms with E-state index in [1.807, 2.05) is 6.26 Å². The standard InChI is InChI=1S/C15H25NO/c1-10-5-6-13(9-12(10)3)14(16-4)15-11(2)7-8-17-15/h7-8,10,12-14,16H,5-6,9H2,1-4H3. The predicted molar refractivity (Wildman–Crippen MR) is 70.9 cm³/mol. The number of nitrogens with one attached hydrogen (secondary N) is 1. The minimum Gasteiger partial charge on any atom is -0.467 e. The van der Waals surface area contributed by atoms with Crippen LogP contribution in [0.15, 0.2) is 16.7 Å². The van der Waals surface area contributed by atoms with Gasteiger partial charge in [0.05, 0.1) is 12.3 Å². The Kier molecular flexibility index (Phi) is 3.93. The summed E-state index contributed by atoms with van der Waals surface area (Å²) >= 11 is 0. The molecule has 0 aromatic carbocycles. The normalized spacial score (nSPS) is 31.4. The zero-order valence-corrected chi connectivity index (χ0v) is 11.5. The number of hydrogen-bond donors (Lipinski definition) is 1. The van der Waals surface area contributed by atoms with Gasteiger partial charge in [-0.25, -0.2) is 0 Å². The lowest BCUT2D eigenvalue weighted by molar-refractivity contribution is 0.164. The van der Waals surface area contributed by atoms with Crippen LogP contribution in [0.3, 0.4) is 0 Å². The third kappa shape index (κ3) is 2.57. The summed E-state index contributed by atoms with van der Waals surface area (Å²) in [6.07, 6.45) is 5.79. The summed E-state index contributed by atoms with van der Waals surface area (Å²) in [5, 5.41) is 3.46. The molecule has 2 heteroatoms. The summed E-state index contributed by atoms with van der Waals surface area (Å²) < 4.78 is 5.67. The minimum absolute atomic E-state index is 0.389. The van der Waals surface area contributed by atoms with Crippen molar-refractivity contribution in [2.24, 2.45) is 17.8 Å². The van der Waals surface area contributed by atoms with Gasteiger partial charge in [-0.15, -0.1) is 0 Å². The fraction of sp³-hybridized carbons (Fsp3) is 0.733. The number of furan rings is 1. The summed E-state index contributed by atoms with van der Waals surface area (Å²) in [7, 11) is 2.05. The van der Waals surface area contributed by atoms with Crippen molar-refractivity contribution in [3.63, 3.8) is 0 Å². The molecule has 1 aromatic rings. The SMILES string of the molecule is CNC(c1occc1C)C1CCC(C)C(C)C1. The van der Waals surface area contributed by atoms with Crippen molar-refractivity contribution in [3.05, 3.63) is 23.7 Å². The van der Waals surface area contributed by atoms with Crippen LogP contribution in [-0.4, -0.2) is 7.05 Å². The van der Waals surface area contributed by atoms with Crippen molar-refractivity contribution in [3.8, 4) is 0 Å². The molecule has 96 valence electrons. The molecular weight excluding hydrogens is 210 g/mol. The van der Waals surface area contributed by atoms with Crippen LogP contribution in [0.25, 0.3) is 0 Å². The van der Waals surface area contributed by atoms with Crippen molar-refractivity contribution in [2.75, 3.05) is 7.05 Å². The minimum atomic E-state index is 0.389. The average molecular weight is 235 g/mol. The van der Waals surface area contributed by atoms with E-state index in [0.717, 1.165) is 23.5 Å². The molecule has 0 radical (unpaired) electrons. The molecule has 0 amide bonds. The van der Waals surface area contributed by atoms with Crippen molar-refractivity contribution >= 4 is 0 Å². The number of aryl methyl sites for hydroxylation is 1. The van der Waals surface area contributed by atoms with Crippen LogP contribution in [-0.2, 0) is 0 Å². The molecule has 0 saturated heterocycles. The van der Waals surface area contributed by atoms with Gasteiger partial charge in [0.25, 0.3) is 0 Å². The molecule has 0 spiro atoms. The highest BCUT2D eigenvalue weighted by Gasteiger charge is 2.32. The van der Waals surface area contributed by atoms with Gasteiger partial charge in [0.1, 0.15) is 5.76 Å². The van der Waals surface area contributed by atoms with E-state index in [1.165, 1.54) is 24.8 Å². The summed E-state index contributed by atoms with van der Waals surface area (Å²) in [6, 6.07) is 2.45. The number of rotatable bonds is 3. The molecular formula is C15H25NO. The van der Waals surface area contributed by atoms with Crippen LogP contribution in [0, 0.1) is 24.7 Å². The molecule has 2 nitrogen and oxygen atoms in total. The summed E-state index contributed by atoms with van der Waals surface area (Å²) in [4.78, 5) is 0. The second-order valence-electron chi connectivity index (χ2n) is 5.76. The maximum Gasteiger partial charge on any atom is 0.123 e. The smallest absolute Gasteiger partial charge is 0.123 e. The van der Waals surface area contributed by atoms with Gasteiger partial charge in [-0.1, -0.05) is 20.3 Å². The molecule has 1 aliphatic carbocycles. The highest BCUT2D eigenvalue weighted by Crippen LogP contribution is 2.40. The third-order valence-corrected chi connectivity index (χ3v) is 4.61. The van der Waals surface area contributed by atoms with Crippen LogP contribution >= 0.6 is 0 Å². The Bertz CT molecular complexity index is 358. The van der Waals surface area contributed by atoms with E-state index in [2.05, 4.69) is 39.2 Å². The Morgan fingerprint density at radius 3 is 2.59 bits per heavy atom. The van der Waals surface area contributed by atoms with Crippen LogP contribution < -0.4 is 5.32 Å². The molecule has 1 aromatic heterocycles. The van der Waals surface area contributed by atoms with E-state index in [4.69, 9.17) is 4.42 Å². The van der Waals surface area contributed by atoms with Gasteiger partial charge in [-0.2, -0.15) is 0 Å².